The van der Waals surface area contributed by atoms with Gasteiger partial charge in [0.05, 0.1) is 5.02 Å². The van der Waals surface area contributed by atoms with Crippen molar-refractivity contribution in [3.05, 3.63) is 38.1 Å². The van der Waals surface area contributed by atoms with Crippen molar-refractivity contribution in [2.24, 2.45) is 0 Å². The summed E-state index contributed by atoms with van der Waals surface area (Å²) in [4.78, 5) is 4.72. The zero-order chi connectivity index (χ0) is 14.9. The molecule has 9 heteroatoms. The number of hydrogen-bond donors (Lipinski definition) is 1. The van der Waals surface area contributed by atoms with Gasteiger partial charge in [0.25, 0.3) is 0 Å². The fourth-order valence-electron chi connectivity index (χ4n) is 1.49. The van der Waals surface area contributed by atoms with Gasteiger partial charge in [-0.1, -0.05) is 11.6 Å². The van der Waals surface area contributed by atoms with Crippen molar-refractivity contribution in [2.75, 3.05) is 12.8 Å². The molecular weight excluding hydrogens is 386 g/mol. The lowest BCUT2D eigenvalue weighted by molar-refractivity contribution is 0.469. The van der Waals surface area contributed by atoms with E-state index in [0.717, 1.165) is 9.35 Å². The first kappa shape index (κ1) is 15.7. The summed E-state index contributed by atoms with van der Waals surface area (Å²) in [6.45, 7) is 0.278. The Hall–Kier alpha value is -0.670. The van der Waals surface area contributed by atoms with Crippen LogP contribution in [0.25, 0.3) is 0 Å². The molecule has 20 heavy (non-hydrogen) atoms. The van der Waals surface area contributed by atoms with Crippen LogP contribution in [0.5, 0.6) is 0 Å². The Morgan fingerprint density at radius 3 is 2.75 bits per heavy atom. The van der Waals surface area contributed by atoms with E-state index in [-0.39, 0.29) is 22.3 Å². The molecule has 2 aromatic heterocycles. The van der Waals surface area contributed by atoms with Gasteiger partial charge < -0.3 is 5.73 Å². The maximum absolute atomic E-state index is 12.4. The predicted molar refractivity (Wildman–Crippen MR) is 84.3 cm³/mol. The number of halogens is 2. The molecule has 108 valence electrons. The van der Waals surface area contributed by atoms with Crippen LogP contribution in [0, 0.1) is 0 Å². The van der Waals surface area contributed by atoms with E-state index in [9.17, 15) is 8.42 Å². The maximum atomic E-state index is 12.4. The Morgan fingerprint density at radius 2 is 2.20 bits per heavy atom. The van der Waals surface area contributed by atoms with Crippen LogP contribution in [-0.4, -0.2) is 24.8 Å². The molecule has 2 heterocycles. The zero-order valence-electron chi connectivity index (χ0n) is 10.4. The molecule has 0 aliphatic heterocycles. The van der Waals surface area contributed by atoms with Crippen molar-refractivity contribution in [3.63, 3.8) is 0 Å². The van der Waals surface area contributed by atoms with E-state index >= 15 is 0 Å². The van der Waals surface area contributed by atoms with E-state index in [1.54, 1.807) is 0 Å². The molecule has 0 radical (unpaired) electrons. The van der Waals surface area contributed by atoms with Gasteiger partial charge in [0.1, 0.15) is 10.7 Å². The highest BCUT2D eigenvalue weighted by atomic mass is 79.9. The van der Waals surface area contributed by atoms with Crippen molar-refractivity contribution in [1.82, 2.24) is 9.29 Å². The molecule has 0 aliphatic carbocycles. The number of thiophene rings is 1. The van der Waals surface area contributed by atoms with Gasteiger partial charge in [-0.15, -0.1) is 11.3 Å². The van der Waals surface area contributed by atoms with E-state index in [1.807, 2.05) is 11.4 Å². The van der Waals surface area contributed by atoms with Crippen LogP contribution in [-0.2, 0) is 16.6 Å². The lowest BCUT2D eigenvalue weighted by Crippen LogP contribution is -2.26. The monoisotopic (exact) mass is 395 g/mol. The highest BCUT2D eigenvalue weighted by Crippen LogP contribution is 2.25. The summed E-state index contributed by atoms with van der Waals surface area (Å²) in [7, 11) is -2.14. The molecule has 0 bridgehead atoms. The normalized spacial score (nSPS) is 12.0. The molecular formula is C11H11BrClN3O2S2. The summed E-state index contributed by atoms with van der Waals surface area (Å²) in [6.07, 6.45) is 1.21. The second kappa shape index (κ2) is 5.98. The van der Waals surface area contributed by atoms with E-state index < -0.39 is 10.0 Å². The van der Waals surface area contributed by atoms with E-state index in [2.05, 4.69) is 20.9 Å². The molecule has 0 aliphatic rings. The molecule has 2 rings (SSSR count). The topological polar surface area (TPSA) is 76.3 Å². The van der Waals surface area contributed by atoms with Gasteiger partial charge in [-0.3, -0.25) is 0 Å². The molecule has 0 unspecified atom stereocenters. The summed E-state index contributed by atoms with van der Waals surface area (Å²) in [6, 6.07) is 3.19. The molecule has 2 N–H and O–H groups in total. The van der Waals surface area contributed by atoms with E-state index in [4.69, 9.17) is 17.3 Å². The lowest BCUT2D eigenvalue weighted by atomic mass is 10.5. The first-order chi connectivity index (χ1) is 9.30. The number of sulfonamides is 1. The third-order valence-corrected chi connectivity index (χ3v) is 6.31. The van der Waals surface area contributed by atoms with Gasteiger partial charge in [-0.05, 0) is 28.1 Å². The van der Waals surface area contributed by atoms with Crippen molar-refractivity contribution < 1.29 is 8.42 Å². The molecule has 0 saturated carbocycles. The molecule has 0 spiro atoms. The average molecular weight is 397 g/mol. The van der Waals surface area contributed by atoms with Crippen molar-refractivity contribution in [2.45, 2.75) is 11.4 Å². The van der Waals surface area contributed by atoms with Gasteiger partial charge in [0.2, 0.25) is 10.0 Å². The number of hydrogen-bond acceptors (Lipinski definition) is 5. The molecule has 0 fully saturated rings. The highest BCUT2D eigenvalue weighted by Gasteiger charge is 2.22. The van der Waals surface area contributed by atoms with Gasteiger partial charge in [0, 0.05) is 34.5 Å². The third kappa shape index (κ3) is 3.32. The minimum Gasteiger partial charge on any atom is -0.382 e. The fourth-order valence-corrected chi connectivity index (χ4v) is 4.43. The summed E-state index contributed by atoms with van der Waals surface area (Å²) < 4.78 is 26.9. The molecule has 5 nitrogen and oxygen atoms in total. The number of pyridine rings is 1. The summed E-state index contributed by atoms with van der Waals surface area (Å²) in [5, 5.41) is 2.02. The zero-order valence-corrected chi connectivity index (χ0v) is 14.4. The number of anilines is 1. The lowest BCUT2D eigenvalue weighted by Gasteiger charge is -2.16. The van der Waals surface area contributed by atoms with Gasteiger partial charge in [-0.25, -0.2) is 13.4 Å². The second-order valence-corrected chi connectivity index (χ2v) is 8.39. The molecule has 0 atom stereocenters. The molecule has 0 saturated heterocycles. The maximum Gasteiger partial charge on any atom is 0.244 e. The molecule has 2 aromatic rings. The number of nitrogen functional groups attached to an aromatic ring is 1. The van der Waals surface area contributed by atoms with Gasteiger partial charge in [0.15, 0.2) is 0 Å². The third-order valence-electron chi connectivity index (χ3n) is 2.55. The number of nitrogens with zero attached hydrogens (tertiary/aromatic N) is 2. The van der Waals surface area contributed by atoms with Crippen LogP contribution >= 0.6 is 38.9 Å². The summed E-state index contributed by atoms with van der Waals surface area (Å²) in [5.41, 5.74) is 5.48. The summed E-state index contributed by atoms with van der Waals surface area (Å²) in [5.74, 6) is 0.107. The van der Waals surface area contributed by atoms with Gasteiger partial charge >= 0.3 is 0 Å². The van der Waals surface area contributed by atoms with Crippen LogP contribution in [0.15, 0.2) is 33.1 Å². The Bertz CT molecular complexity index is 733. The van der Waals surface area contributed by atoms with Crippen LogP contribution in [0.4, 0.5) is 5.82 Å². The average Bonchev–Trinajstić information content (AvgIpc) is 2.78. The largest absolute Gasteiger partial charge is 0.382 e. The predicted octanol–water partition coefficient (Wildman–Crippen LogP) is 2.96. The Kier molecular flexibility index (Phi) is 4.70. The molecule has 0 aromatic carbocycles. The van der Waals surface area contributed by atoms with Crippen LogP contribution < -0.4 is 5.73 Å². The molecule has 0 amide bonds. The number of aromatic nitrogens is 1. The number of rotatable bonds is 4. The smallest absolute Gasteiger partial charge is 0.244 e. The number of nitrogens with two attached hydrogens (primary N) is 1. The van der Waals surface area contributed by atoms with E-state index in [0.29, 0.717) is 0 Å². The first-order valence-electron chi connectivity index (χ1n) is 5.41. The highest BCUT2D eigenvalue weighted by molar-refractivity contribution is 9.10. The van der Waals surface area contributed by atoms with Crippen LogP contribution in [0.3, 0.4) is 0 Å². The SMILES string of the molecule is CN(Cc1cc(Br)cs1)S(=O)(=O)c1cnc(N)c(Cl)c1. The minimum atomic E-state index is -3.64. The quantitative estimate of drug-likeness (QED) is 0.862. The second-order valence-electron chi connectivity index (χ2n) is 4.03. The Balaban J connectivity index is 2.27. The fraction of sp³-hybridized carbons (Fsp3) is 0.182. The van der Waals surface area contributed by atoms with Crippen molar-refractivity contribution in [1.29, 1.82) is 0 Å². The Labute approximate surface area is 134 Å². The Morgan fingerprint density at radius 1 is 1.50 bits per heavy atom. The van der Waals surface area contributed by atoms with E-state index in [1.165, 1.54) is 35.0 Å². The standard InChI is InChI=1S/C11H11BrClN3O2S2/c1-16(5-8-2-7(12)6-19-8)20(17,18)9-3-10(13)11(14)15-4-9/h2-4,6H,5H2,1H3,(H2,14,15). The van der Waals surface area contributed by atoms with Crippen LogP contribution in [0.1, 0.15) is 4.88 Å². The first-order valence-corrected chi connectivity index (χ1v) is 8.90. The van der Waals surface area contributed by atoms with Gasteiger partial charge in [-0.2, -0.15) is 4.31 Å². The minimum absolute atomic E-state index is 0.0230. The van der Waals surface area contributed by atoms with Crippen LogP contribution in [0.2, 0.25) is 5.02 Å². The van der Waals surface area contributed by atoms with Crippen molar-refractivity contribution >= 4 is 54.7 Å². The van der Waals surface area contributed by atoms with Crippen molar-refractivity contribution in [3.8, 4) is 0 Å². The summed E-state index contributed by atoms with van der Waals surface area (Å²) >= 11 is 10.6.